The van der Waals surface area contributed by atoms with Gasteiger partial charge in [-0.1, -0.05) is 0 Å². The standard InChI is InChI=1S/C15H20N2O4/c1-16(9-15(19)17-4-2-3-5-17)8-11-6-13-14(7-12(11)18)21-10-20-13/h6-7,18H,2-5,8-10H2,1H3. The monoisotopic (exact) mass is 292 g/mol. The molecule has 21 heavy (non-hydrogen) atoms. The number of aromatic hydroxyl groups is 1. The summed E-state index contributed by atoms with van der Waals surface area (Å²) < 4.78 is 10.5. The van der Waals surface area contributed by atoms with Crippen molar-refractivity contribution in [2.75, 3.05) is 33.5 Å². The molecule has 1 aromatic carbocycles. The van der Waals surface area contributed by atoms with Gasteiger partial charge in [0.05, 0.1) is 6.54 Å². The third-order valence-corrected chi connectivity index (χ3v) is 3.88. The number of carbonyl (C=O) groups excluding carboxylic acids is 1. The Labute approximate surface area is 123 Å². The molecule has 0 spiro atoms. The van der Waals surface area contributed by atoms with Gasteiger partial charge in [0.1, 0.15) is 5.75 Å². The summed E-state index contributed by atoms with van der Waals surface area (Å²) in [5.74, 6) is 1.52. The molecule has 0 saturated carbocycles. The Morgan fingerprint density at radius 3 is 2.67 bits per heavy atom. The van der Waals surface area contributed by atoms with Gasteiger partial charge < -0.3 is 19.5 Å². The molecule has 1 fully saturated rings. The van der Waals surface area contributed by atoms with Crippen molar-refractivity contribution in [2.45, 2.75) is 19.4 Å². The first-order valence-electron chi connectivity index (χ1n) is 7.21. The normalized spacial score (nSPS) is 16.8. The van der Waals surface area contributed by atoms with Crippen LogP contribution in [0.5, 0.6) is 17.2 Å². The van der Waals surface area contributed by atoms with Crippen LogP contribution < -0.4 is 9.47 Å². The molecule has 0 aliphatic carbocycles. The van der Waals surface area contributed by atoms with Crippen LogP contribution in [-0.2, 0) is 11.3 Å². The van der Waals surface area contributed by atoms with Crippen LogP contribution in [0, 0.1) is 0 Å². The van der Waals surface area contributed by atoms with Crippen LogP contribution in [0.4, 0.5) is 0 Å². The molecule has 0 aromatic heterocycles. The van der Waals surface area contributed by atoms with E-state index in [2.05, 4.69) is 0 Å². The highest BCUT2D eigenvalue weighted by Gasteiger charge is 2.21. The fourth-order valence-corrected chi connectivity index (χ4v) is 2.74. The Kier molecular flexibility index (Phi) is 3.88. The van der Waals surface area contributed by atoms with Gasteiger partial charge in [0.2, 0.25) is 12.7 Å². The number of ether oxygens (including phenoxy) is 2. The highest BCUT2D eigenvalue weighted by molar-refractivity contribution is 5.78. The number of fused-ring (bicyclic) bond motifs is 1. The second-order valence-corrected chi connectivity index (χ2v) is 5.59. The summed E-state index contributed by atoms with van der Waals surface area (Å²) >= 11 is 0. The second kappa shape index (κ2) is 5.81. The zero-order valence-electron chi connectivity index (χ0n) is 12.2. The van der Waals surface area contributed by atoms with Crippen LogP contribution in [-0.4, -0.2) is 54.3 Å². The Morgan fingerprint density at radius 1 is 1.29 bits per heavy atom. The maximum Gasteiger partial charge on any atom is 0.236 e. The van der Waals surface area contributed by atoms with E-state index in [0.29, 0.717) is 24.6 Å². The van der Waals surface area contributed by atoms with Crippen molar-refractivity contribution < 1.29 is 19.4 Å². The van der Waals surface area contributed by atoms with Gasteiger partial charge >= 0.3 is 0 Å². The molecule has 0 atom stereocenters. The average Bonchev–Trinajstić information content (AvgIpc) is 3.09. The summed E-state index contributed by atoms with van der Waals surface area (Å²) in [5.41, 5.74) is 0.732. The van der Waals surface area contributed by atoms with E-state index in [9.17, 15) is 9.90 Å². The van der Waals surface area contributed by atoms with Crippen molar-refractivity contribution >= 4 is 5.91 Å². The van der Waals surface area contributed by atoms with E-state index >= 15 is 0 Å². The topological polar surface area (TPSA) is 62.2 Å². The number of nitrogens with zero attached hydrogens (tertiary/aromatic N) is 2. The molecular formula is C15H20N2O4. The van der Waals surface area contributed by atoms with E-state index in [1.54, 1.807) is 12.1 Å². The van der Waals surface area contributed by atoms with E-state index in [0.717, 1.165) is 31.5 Å². The van der Waals surface area contributed by atoms with Gasteiger partial charge in [-0.3, -0.25) is 9.69 Å². The van der Waals surface area contributed by atoms with Crippen LogP contribution >= 0.6 is 0 Å². The van der Waals surface area contributed by atoms with E-state index < -0.39 is 0 Å². The van der Waals surface area contributed by atoms with Crippen LogP contribution in [0.2, 0.25) is 0 Å². The molecule has 6 nitrogen and oxygen atoms in total. The third-order valence-electron chi connectivity index (χ3n) is 3.88. The summed E-state index contributed by atoms with van der Waals surface area (Å²) in [5, 5.41) is 10.0. The minimum absolute atomic E-state index is 0.148. The van der Waals surface area contributed by atoms with Gasteiger partial charge in [0, 0.05) is 31.3 Å². The van der Waals surface area contributed by atoms with Gasteiger partial charge in [-0.25, -0.2) is 0 Å². The van der Waals surface area contributed by atoms with Gasteiger partial charge in [-0.05, 0) is 26.0 Å². The predicted octanol–water partition coefficient (Wildman–Crippen LogP) is 1.18. The van der Waals surface area contributed by atoms with Crippen LogP contribution in [0.25, 0.3) is 0 Å². The Hall–Kier alpha value is -1.95. The number of rotatable bonds is 4. The number of likely N-dealkylation sites (tertiary alicyclic amines) is 1. The van der Waals surface area contributed by atoms with Crippen molar-refractivity contribution in [3.05, 3.63) is 17.7 Å². The van der Waals surface area contributed by atoms with E-state index in [1.165, 1.54) is 0 Å². The van der Waals surface area contributed by atoms with Crippen LogP contribution in [0.1, 0.15) is 18.4 Å². The molecule has 1 N–H and O–H groups in total. The lowest BCUT2D eigenvalue weighted by molar-refractivity contribution is -0.131. The molecule has 114 valence electrons. The highest BCUT2D eigenvalue weighted by Crippen LogP contribution is 2.37. The summed E-state index contributed by atoms with van der Waals surface area (Å²) in [7, 11) is 1.87. The molecule has 0 unspecified atom stereocenters. The molecule has 0 bridgehead atoms. The molecule has 1 aromatic rings. The van der Waals surface area contributed by atoms with Crippen molar-refractivity contribution in [3.8, 4) is 17.2 Å². The largest absolute Gasteiger partial charge is 0.507 e. The lowest BCUT2D eigenvalue weighted by atomic mass is 10.1. The van der Waals surface area contributed by atoms with Crippen molar-refractivity contribution in [1.82, 2.24) is 9.80 Å². The lowest BCUT2D eigenvalue weighted by Crippen LogP contribution is -2.36. The molecule has 6 heteroatoms. The highest BCUT2D eigenvalue weighted by atomic mass is 16.7. The van der Waals surface area contributed by atoms with Crippen LogP contribution in [0.15, 0.2) is 12.1 Å². The summed E-state index contributed by atoms with van der Waals surface area (Å²) in [6, 6.07) is 3.34. The van der Waals surface area contributed by atoms with Gasteiger partial charge in [-0.15, -0.1) is 0 Å². The fourth-order valence-electron chi connectivity index (χ4n) is 2.74. The Bertz CT molecular complexity index is 541. The minimum Gasteiger partial charge on any atom is -0.507 e. The quantitative estimate of drug-likeness (QED) is 0.903. The first kappa shape index (κ1) is 14.0. The number of hydrogen-bond acceptors (Lipinski definition) is 5. The molecule has 0 radical (unpaired) electrons. The summed E-state index contributed by atoms with van der Waals surface area (Å²) in [6.07, 6.45) is 2.19. The lowest BCUT2D eigenvalue weighted by Gasteiger charge is -2.21. The molecule has 2 heterocycles. The Morgan fingerprint density at radius 2 is 1.95 bits per heavy atom. The molecule has 3 rings (SSSR count). The Balaban J connectivity index is 1.62. The molecule has 2 aliphatic heterocycles. The second-order valence-electron chi connectivity index (χ2n) is 5.59. The number of amides is 1. The third kappa shape index (κ3) is 3.05. The van der Waals surface area contributed by atoms with Gasteiger partial charge in [0.15, 0.2) is 11.5 Å². The van der Waals surface area contributed by atoms with Crippen molar-refractivity contribution in [2.24, 2.45) is 0 Å². The molecular weight excluding hydrogens is 272 g/mol. The van der Waals surface area contributed by atoms with Crippen molar-refractivity contribution in [3.63, 3.8) is 0 Å². The summed E-state index contributed by atoms with van der Waals surface area (Å²) in [6.45, 7) is 2.75. The average molecular weight is 292 g/mol. The zero-order chi connectivity index (χ0) is 14.8. The van der Waals surface area contributed by atoms with Gasteiger partial charge in [0.25, 0.3) is 0 Å². The first-order chi connectivity index (χ1) is 10.1. The number of likely N-dealkylation sites (N-methyl/N-ethyl adjacent to an activating group) is 1. The van der Waals surface area contributed by atoms with Crippen molar-refractivity contribution in [1.29, 1.82) is 0 Å². The number of benzene rings is 1. The maximum absolute atomic E-state index is 12.1. The van der Waals surface area contributed by atoms with E-state index in [4.69, 9.17) is 9.47 Å². The van der Waals surface area contributed by atoms with E-state index in [-0.39, 0.29) is 18.4 Å². The first-order valence-corrected chi connectivity index (χ1v) is 7.21. The maximum atomic E-state index is 12.1. The van der Waals surface area contributed by atoms with Gasteiger partial charge in [-0.2, -0.15) is 0 Å². The summed E-state index contributed by atoms with van der Waals surface area (Å²) in [4.78, 5) is 15.9. The van der Waals surface area contributed by atoms with Crippen LogP contribution in [0.3, 0.4) is 0 Å². The zero-order valence-corrected chi connectivity index (χ0v) is 12.2. The number of carbonyl (C=O) groups is 1. The SMILES string of the molecule is CN(CC(=O)N1CCCC1)Cc1cc2c(cc1O)OCO2. The number of phenols is 1. The number of phenolic OH excluding ortho intramolecular Hbond substituents is 1. The van der Waals surface area contributed by atoms with E-state index in [1.807, 2.05) is 16.8 Å². The molecule has 2 aliphatic rings. The number of hydrogen-bond donors (Lipinski definition) is 1. The molecule has 1 saturated heterocycles. The minimum atomic E-state index is 0.148. The predicted molar refractivity (Wildman–Crippen MR) is 76.4 cm³/mol. The smallest absolute Gasteiger partial charge is 0.236 e. The molecule has 1 amide bonds. The fraction of sp³-hybridized carbons (Fsp3) is 0.533.